The summed E-state index contributed by atoms with van der Waals surface area (Å²) in [6.45, 7) is 3.21. The maximum Gasteiger partial charge on any atom is 0.261 e. The number of nitrogens with one attached hydrogen (secondary N) is 2. The molecule has 1 aliphatic carbocycles. The van der Waals surface area contributed by atoms with E-state index in [2.05, 4.69) is 14.9 Å². The highest BCUT2D eigenvalue weighted by atomic mass is 32.2. The molecule has 0 unspecified atom stereocenters. The zero-order valence-corrected chi connectivity index (χ0v) is 16.2. The molecule has 1 heterocycles. The molecule has 2 aromatic carbocycles. The first-order valence-corrected chi connectivity index (χ1v) is 10.8. The van der Waals surface area contributed by atoms with Gasteiger partial charge >= 0.3 is 0 Å². The highest BCUT2D eigenvalue weighted by Gasteiger charge is 2.23. The summed E-state index contributed by atoms with van der Waals surface area (Å²) in [6.07, 6.45) is 2.53. The van der Waals surface area contributed by atoms with Crippen molar-refractivity contribution in [1.82, 2.24) is 5.32 Å². The second-order valence-corrected chi connectivity index (χ2v) is 8.67. The lowest BCUT2D eigenvalue weighted by Crippen LogP contribution is -2.38. The SMILES string of the molecule is N#Cc1ccc(S(=O)(=O)Nc2ccc3c(c2)OCCN3CCNC2CC2)cc1. The molecular formula is C20H22N4O3S. The van der Waals surface area contributed by atoms with Gasteiger partial charge in [0.05, 0.1) is 34.4 Å². The van der Waals surface area contributed by atoms with E-state index in [-0.39, 0.29) is 4.90 Å². The van der Waals surface area contributed by atoms with Gasteiger partial charge in [-0.2, -0.15) is 5.26 Å². The molecule has 2 aliphatic rings. The number of ether oxygens (including phenoxy) is 1. The van der Waals surface area contributed by atoms with Gasteiger partial charge < -0.3 is 15.0 Å². The average molecular weight is 398 g/mol. The predicted octanol–water partition coefficient (Wildman–Crippen LogP) is 2.31. The molecule has 0 spiro atoms. The van der Waals surface area contributed by atoms with Crippen molar-refractivity contribution < 1.29 is 13.2 Å². The highest BCUT2D eigenvalue weighted by molar-refractivity contribution is 7.92. The Labute approximate surface area is 165 Å². The second-order valence-electron chi connectivity index (χ2n) is 6.99. The van der Waals surface area contributed by atoms with E-state index in [0.29, 0.717) is 29.6 Å². The van der Waals surface area contributed by atoms with Gasteiger partial charge in [0.1, 0.15) is 12.4 Å². The molecule has 0 aromatic heterocycles. The molecule has 28 heavy (non-hydrogen) atoms. The van der Waals surface area contributed by atoms with Crippen LogP contribution in [0.25, 0.3) is 0 Å². The minimum absolute atomic E-state index is 0.109. The largest absolute Gasteiger partial charge is 0.489 e. The van der Waals surface area contributed by atoms with Gasteiger partial charge in [0.15, 0.2) is 0 Å². The van der Waals surface area contributed by atoms with E-state index >= 15 is 0 Å². The number of hydrogen-bond acceptors (Lipinski definition) is 6. The Bertz CT molecular complexity index is 995. The minimum Gasteiger partial charge on any atom is -0.489 e. The molecule has 0 radical (unpaired) electrons. The van der Waals surface area contributed by atoms with Crippen LogP contribution < -0.4 is 19.7 Å². The fraction of sp³-hybridized carbons (Fsp3) is 0.350. The van der Waals surface area contributed by atoms with Crippen molar-refractivity contribution in [3.8, 4) is 11.8 Å². The van der Waals surface area contributed by atoms with Crippen molar-refractivity contribution >= 4 is 21.4 Å². The molecule has 0 amide bonds. The molecule has 0 saturated heterocycles. The summed E-state index contributed by atoms with van der Waals surface area (Å²) in [5.41, 5.74) is 1.84. The Balaban J connectivity index is 1.47. The van der Waals surface area contributed by atoms with E-state index in [0.717, 1.165) is 25.3 Å². The van der Waals surface area contributed by atoms with Crippen molar-refractivity contribution in [3.63, 3.8) is 0 Å². The minimum atomic E-state index is -3.73. The smallest absolute Gasteiger partial charge is 0.261 e. The van der Waals surface area contributed by atoms with Gasteiger partial charge in [0.2, 0.25) is 0 Å². The molecule has 8 heteroatoms. The number of hydrogen-bond donors (Lipinski definition) is 2. The maximum atomic E-state index is 12.6. The predicted molar refractivity (Wildman–Crippen MR) is 107 cm³/mol. The fourth-order valence-corrected chi connectivity index (χ4v) is 4.24. The summed E-state index contributed by atoms with van der Waals surface area (Å²) in [7, 11) is -3.73. The standard InChI is InChI=1S/C20H22N4O3S/c21-14-15-1-6-18(7-2-15)28(25,26)23-17-5-8-19-20(13-17)27-12-11-24(19)10-9-22-16-3-4-16/h1-2,5-8,13,16,22-23H,3-4,9-12H2. The van der Waals surface area contributed by atoms with Crippen LogP contribution in [0, 0.1) is 11.3 Å². The molecule has 1 fully saturated rings. The molecule has 0 atom stereocenters. The van der Waals surface area contributed by atoms with Crippen LogP contribution in [-0.2, 0) is 10.0 Å². The molecular weight excluding hydrogens is 376 g/mol. The number of fused-ring (bicyclic) bond motifs is 1. The topological polar surface area (TPSA) is 94.5 Å². The summed E-state index contributed by atoms with van der Waals surface area (Å²) >= 11 is 0. The van der Waals surface area contributed by atoms with Crippen LogP contribution in [0.3, 0.4) is 0 Å². The average Bonchev–Trinajstić information content (AvgIpc) is 3.52. The van der Waals surface area contributed by atoms with Crippen LogP contribution in [0.2, 0.25) is 0 Å². The summed E-state index contributed by atoms with van der Waals surface area (Å²) < 4.78 is 33.5. The van der Waals surface area contributed by atoms with Gasteiger partial charge in [0, 0.05) is 25.2 Å². The zero-order valence-electron chi connectivity index (χ0n) is 15.4. The first-order valence-electron chi connectivity index (χ1n) is 9.33. The Morgan fingerprint density at radius 3 is 2.68 bits per heavy atom. The van der Waals surface area contributed by atoms with Crippen LogP contribution >= 0.6 is 0 Å². The number of sulfonamides is 1. The Kier molecular flexibility index (Phi) is 5.11. The quantitative estimate of drug-likeness (QED) is 0.743. The Hall–Kier alpha value is -2.76. The van der Waals surface area contributed by atoms with Gasteiger partial charge in [-0.25, -0.2) is 8.42 Å². The van der Waals surface area contributed by atoms with Gasteiger partial charge in [-0.1, -0.05) is 0 Å². The molecule has 2 N–H and O–H groups in total. The molecule has 2 aromatic rings. The number of benzene rings is 2. The third kappa shape index (κ3) is 4.21. The lowest BCUT2D eigenvalue weighted by molar-refractivity contribution is 0.307. The lowest BCUT2D eigenvalue weighted by atomic mass is 10.2. The van der Waals surface area contributed by atoms with Crippen LogP contribution in [0.4, 0.5) is 11.4 Å². The summed E-state index contributed by atoms with van der Waals surface area (Å²) in [5, 5.41) is 12.4. The number of anilines is 2. The van der Waals surface area contributed by atoms with E-state index in [1.54, 1.807) is 12.1 Å². The first-order chi connectivity index (χ1) is 13.5. The van der Waals surface area contributed by atoms with Gasteiger partial charge in [-0.15, -0.1) is 0 Å². The van der Waals surface area contributed by atoms with E-state index in [4.69, 9.17) is 10.00 Å². The summed E-state index contributed by atoms with van der Waals surface area (Å²) in [4.78, 5) is 2.37. The Morgan fingerprint density at radius 2 is 1.96 bits per heavy atom. The normalized spacial score (nSPS) is 16.0. The van der Waals surface area contributed by atoms with Gasteiger partial charge in [-0.3, -0.25) is 4.72 Å². The van der Waals surface area contributed by atoms with Crippen molar-refractivity contribution in [2.24, 2.45) is 0 Å². The van der Waals surface area contributed by atoms with Crippen molar-refractivity contribution in [3.05, 3.63) is 48.0 Å². The van der Waals surface area contributed by atoms with Crippen LogP contribution in [-0.4, -0.2) is 40.7 Å². The van der Waals surface area contributed by atoms with Gasteiger partial charge in [-0.05, 0) is 49.2 Å². The Morgan fingerprint density at radius 1 is 1.18 bits per heavy atom. The summed E-state index contributed by atoms with van der Waals surface area (Å²) in [6, 6.07) is 13.8. The van der Waals surface area contributed by atoms with Crippen LogP contribution in [0.5, 0.6) is 5.75 Å². The monoisotopic (exact) mass is 398 g/mol. The third-order valence-corrected chi connectivity index (χ3v) is 6.25. The van der Waals surface area contributed by atoms with Crippen molar-refractivity contribution in [2.75, 3.05) is 35.9 Å². The number of rotatable bonds is 7. The summed E-state index contributed by atoms with van der Waals surface area (Å²) in [5.74, 6) is 0.678. The van der Waals surface area contributed by atoms with E-state index in [9.17, 15) is 8.42 Å². The molecule has 4 rings (SSSR count). The van der Waals surface area contributed by atoms with E-state index in [1.807, 2.05) is 12.1 Å². The molecule has 146 valence electrons. The zero-order chi connectivity index (χ0) is 19.6. The molecule has 7 nitrogen and oxygen atoms in total. The third-order valence-electron chi connectivity index (χ3n) is 4.86. The molecule has 1 saturated carbocycles. The van der Waals surface area contributed by atoms with Crippen molar-refractivity contribution in [2.45, 2.75) is 23.8 Å². The number of nitriles is 1. The van der Waals surface area contributed by atoms with Crippen LogP contribution in [0.15, 0.2) is 47.4 Å². The first kappa shape index (κ1) is 18.6. The lowest BCUT2D eigenvalue weighted by Gasteiger charge is -2.31. The maximum absolute atomic E-state index is 12.6. The van der Waals surface area contributed by atoms with Crippen molar-refractivity contribution in [1.29, 1.82) is 5.26 Å². The van der Waals surface area contributed by atoms with Gasteiger partial charge in [0.25, 0.3) is 10.0 Å². The van der Waals surface area contributed by atoms with Crippen LogP contribution in [0.1, 0.15) is 18.4 Å². The second kappa shape index (κ2) is 7.70. The van der Waals surface area contributed by atoms with E-state index in [1.165, 1.54) is 37.1 Å². The molecule has 0 bridgehead atoms. The number of nitrogens with zero attached hydrogens (tertiary/aromatic N) is 2. The van der Waals surface area contributed by atoms with E-state index < -0.39 is 10.0 Å². The molecule has 1 aliphatic heterocycles. The fourth-order valence-electron chi connectivity index (χ4n) is 3.19. The highest BCUT2D eigenvalue weighted by Crippen LogP contribution is 2.34.